The van der Waals surface area contributed by atoms with Crippen LogP contribution in [0.3, 0.4) is 0 Å². The van der Waals surface area contributed by atoms with Crippen molar-refractivity contribution in [1.82, 2.24) is 25.5 Å². The Labute approximate surface area is 142 Å². The summed E-state index contributed by atoms with van der Waals surface area (Å²) in [4.78, 5) is 34.9. The average Bonchev–Trinajstić information content (AvgIpc) is 2.79. The van der Waals surface area contributed by atoms with Gasteiger partial charge >= 0.3 is 6.03 Å². The molecule has 0 aromatic carbocycles. The van der Waals surface area contributed by atoms with Gasteiger partial charge in [0.15, 0.2) is 0 Å². The van der Waals surface area contributed by atoms with Crippen LogP contribution in [-0.2, 0) is 0 Å². The number of nitrogens with one attached hydrogen (secondary N) is 2. The maximum Gasteiger partial charge on any atom is 0.318 e. The molecule has 7 nitrogen and oxygen atoms in total. The third-order valence-electron chi connectivity index (χ3n) is 4.73. The molecule has 130 valence electrons. The highest BCUT2D eigenvalue weighted by Gasteiger charge is 2.43. The number of amides is 3. The zero-order chi connectivity index (χ0) is 17.3. The Morgan fingerprint density at radius 2 is 1.83 bits per heavy atom. The van der Waals surface area contributed by atoms with Crippen molar-refractivity contribution in [3.8, 4) is 0 Å². The monoisotopic (exact) mass is 331 g/mol. The highest BCUT2D eigenvalue weighted by molar-refractivity contribution is 5.92. The van der Waals surface area contributed by atoms with Gasteiger partial charge in [-0.2, -0.15) is 0 Å². The molecule has 1 unspecified atom stereocenters. The van der Waals surface area contributed by atoms with Gasteiger partial charge in [0.25, 0.3) is 5.91 Å². The fourth-order valence-electron chi connectivity index (χ4n) is 3.72. The van der Waals surface area contributed by atoms with Gasteiger partial charge in [-0.05, 0) is 46.5 Å². The van der Waals surface area contributed by atoms with Gasteiger partial charge in [-0.3, -0.25) is 9.78 Å². The molecule has 7 heteroatoms. The summed E-state index contributed by atoms with van der Waals surface area (Å²) in [5.41, 5.74) is 1.13. The molecular formula is C17H25N5O2. The summed E-state index contributed by atoms with van der Waals surface area (Å²) in [5, 5.41) is 6.04. The predicted octanol–water partition coefficient (Wildman–Crippen LogP) is 1.63. The first kappa shape index (κ1) is 16.7. The maximum absolute atomic E-state index is 12.4. The van der Waals surface area contributed by atoms with E-state index in [1.807, 2.05) is 25.7 Å². The van der Waals surface area contributed by atoms with Crippen molar-refractivity contribution in [2.75, 3.05) is 0 Å². The second-order valence-corrected chi connectivity index (χ2v) is 7.08. The van der Waals surface area contributed by atoms with Crippen LogP contribution < -0.4 is 10.6 Å². The molecular weight excluding hydrogens is 306 g/mol. The standard InChI is InChI=1S/C17H25N5O2/c1-10(2)20-17(24)22-13-4-5-14(22)7-12(6-13)21-16(23)15-9-18-11(3)8-19-15/h8-10,12-14H,4-7H2,1-3H3,(H,20,24)(H,21,23)/t12?,13-,14+. The molecule has 2 N–H and O–H groups in total. The van der Waals surface area contributed by atoms with E-state index < -0.39 is 0 Å². The molecule has 0 aliphatic carbocycles. The zero-order valence-electron chi connectivity index (χ0n) is 14.5. The molecule has 2 fully saturated rings. The molecule has 0 saturated carbocycles. The number of rotatable bonds is 3. The summed E-state index contributed by atoms with van der Waals surface area (Å²) in [6, 6.07) is 0.649. The molecule has 2 saturated heterocycles. The summed E-state index contributed by atoms with van der Waals surface area (Å²) in [5.74, 6) is -0.188. The Hall–Kier alpha value is -2.18. The molecule has 2 aliphatic rings. The van der Waals surface area contributed by atoms with E-state index in [4.69, 9.17) is 0 Å². The average molecular weight is 331 g/mol. The molecule has 3 amide bonds. The normalized spacial score (nSPS) is 25.7. The second-order valence-electron chi connectivity index (χ2n) is 7.08. The van der Waals surface area contributed by atoms with Gasteiger partial charge in [0.05, 0.1) is 11.9 Å². The molecule has 3 rings (SSSR count). The van der Waals surface area contributed by atoms with Crippen LogP contribution in [0, 0.1) is 6.92 Å². The lowest BCUT2D eigenvalue weighted by molar-refractivity contribution is 0.0878. The quantitative estimate of drug-likeness (QED) is 0.881. The van der Waals surface area contributed by atoms with Gasteiger partial charge in [-0.15, -0.1) is 0 Å². The number of urea groups is 1. The number of hydrogen-bond acceptors (Lipinski definition) is 4. The van der Waals surface area contributed by atoms with Crippen molar-refractivity contribution >= 4 is 11.9 Å². The van der Waals surface area contributed by atoms with E-state index in [9.17, 15) is 9.59 Å². The highest BCUT2D eigenvalue weighted by Crippen LogP contribution is 2.35. The number of piperidine rings is 1. The Balaban J connectivity index is 1.60. The second kappa shape index (κ2) is 6.75. The first-order valence-corrected chi connectivity index (χ1v) is 8.62. The maximum atomic E-state index is 12.4. The van der Waals surface area contributed by atoms with Crippen LogP contribution >= 0.6 is 0 Å². The molecule has 24 heavy (non-hydrogen) atoms. The van der Waals surface area contributed by atoms with E-state index >= 15 is 0 Å². The SMILES string of the molecule is Cc1cnc(C(=O)NC2C[C@H]3CC[C@@H](C2)N3C(=O)NC(C)C)cn1. The fraction of sp³-hybridized carbons (Fsp3) is 0.647. The van der Waals surface area contributed by atoms with Crippen molar-refractivity contribution in [2.24, 2.45) is 0 Å². The zero-order valence-corrected chi connectivity index (χ0v) is 14.5. The van der Waals surface area contributed by atoms with Crippen molar-refractivity contribution in [3.63, 3.8) is 0 Å². The van der Waals surface area contributed by atoms with Crippen molar-refractivity contribution < 1.29 is 9.59 Å². The van der Waals surface area contributed by atoms with Gasteiger partial charge in [0.2, 0.25) is 0 Å². The number of hydrogen-bond donors (Lipinski definition) is 2. The summed E-state index contributed by atoms with van der Waals surface area (Å²) < 4.78 is 0. The molecule has 1 aromatic rings. The van der Waals surface area contributed by atoms with Gasteiger partial charge < -0.3 is 15.5 Å². The number of aromatic nitrogens is 2. The largest absolute Gasteiger partial charge is 0.348 e. The van der Waals surface area contributed by atoms with E-state index in [2.05, 4.69) is 20.6 Å². The van der Waals surface area contributed by atoms with Crippen LogP contribution in [0.2, 0.25) is 0 Å². The molecule has 0 radical (unpaired) electrons. The minimum absolute atomic E-state index is 0.0201. The summed E-state index contributed by atoms with van der Waals surface area (Å²) in [6.45, 7) is 5.77. The number of carbonyl (C=O) groups is 2. The van der Waals surface area contributed by atoms with Crippen LogP contribution in [0.4, 0.5) is 4.79 Å². The lowest BCUT2D eigenvalue weighted by Gasteiger charge is -2.39. The van der Waals surface area contributed by atoms with Crippen LogP contribution in [0.1, 0.15) is 55.7 Å². The van der Waals surface area contributed by atoms with Crippen LogP contribution in [0.25, 0.3) is 0 Å². The third kappa shape index (κ3) is 3.49. The van der Waals surface area contributed by atoms with Crippen molar-refractivity contribution in [1.29, 1.82) is 0 Å². The molecule has 2 bridgehead atoms. The van der Waals surface area contributed by atoms with E-state index in [0.717, 1.165) is 31.4 Å². The summed E-state index contributed by atoms with van der Waals surface area (Å²) in [7, 11) is 0. The Morgan fingerprint density at radius 3 is 2.38 bits per heavy atom. The fourth-order valence-corrected chi connectivity index (χ4v) is 3.72. The molecule has 3 heterocycles. The van der Waals surface area contributed by atoms with Gasteiger partial charge in [-0.25, -0.2) is 9.78 Å². The van der Waals surface area contributed by atoms with E-state index in [1.165, 1.54) is 6.20 Å². The van der Waals surface area contributed by atoms with Gasteiger partial charge in [0, 0.05) is 30.4 Å². The third-order valence-corrected chi connectivity index (χ3v) is 4.73. The molecule has 2 aliphatic heterocycles. The molecule has 3 atom stereocenters. The first-order chi connectivity index (χ1) is 11.4. The minimum Gasteiger partial charge on any atom is -0.348 e. The summed E-state index contributed by atoms with van der Waals surface area (Å²) >= 11 is 0. The first-order valence-electron chi connectivity index (χ1n) is 8.62. The topological polar surface area (TPSA) is 87.2 Å². The Morgan fingerprint density at radius 1 is 1.17 bits per heavy atom. The lowest BCUT2D eigenvalue weighted by atomic mass is 9.97. The van der Waals surface area contributed by atoms with Crippen LogP contribution in [-0.4, -0.2) is 51.0 Å². The van der Waals surface area contributed by atoms with E-state index in [1.54, 1.807) is 6.20 Å². The molecule has 1 aromatic heterocycles. The smallest absolute Gasteiger partial charge is 0.318 e. The van der Waals surface area contributed by atoms with Crippen LogP contribution in [0.5, 0.6) is 0 Å². The van der Waals surface area contributed by atoms with Crippen LogP contribution in [0.15, 0.2) is 12.4 Å². The van der Waals surface area contributed by atoms with Crippen molar-refractivity contribution in [2.45, 2.75) is 70.6 Å². The van der Waals surface area contributed by atoms with E-state index in [-0.39, 0.29) is 36.1 Å². The van der Waals surface area contributed by atoms with Gasteiger partial charge in [-0.1, -0.05) is 0 Å². The number of carbonyl (C=O) groups excluding carboxylic acids is 2. The number of fused-ring (bicyclic) bond motifs is 2. The van der Waals surface area contributed by atoms with Gasteiger partial charge in [0.1, 0.15) is 5.69 Å². The highest BCUT2D eigenvalue weighted by atomic mass is 16.2. The number of aryl methyl sites for hydroxylation is 1. The van der Waals surface area contributed by atoms with Crippen molar-refractivity contribution in [3.05, 3.63) is 23.8 Å². The lowest BCUT2D eigenvalue weighted by Crippen LogP contribution is -2.55. The Kier molecular flexibility index (Phi) is 4.69. The summed E-state index contributed by atoms with van der Waals surface area (Å²) in [6.07, 6.45) is 6.71. The van der Waals surface area contributed by atoms with E-state index in [0.29, 0.717) is 5.69 Å². The minimum atomic E-state index is -0.188. The number of nitrogens with zero attached hydrogens (tertiary/aromatic N) is 3. The Bertz CT molecular complexity index is 602. The molecule has 0 spiro atoms. The predicted molar refractivity (Wildman–Crippen MR) is 89.6 cm³/mol.